The fraction of sp³-hybridized carbons (Fsp3) is 0.522. The third-order valence-corrected chi connectivity index (χ3v) is 7.67. The summed E-state index contributed by atoms with van der Waals surface area (Å²) in [6, 6.07) is 8.17. The predicted molar refractivity (Wildman–Crippen MR) is 119 cm³/mol. The van der Waals surface area contributed by atoms with Crippen molar-refractivity contribution >= 4 is 34.0 Å². The molecule has 0 N–H and O–H groups in total. The average Bonchev–Trinajstić information content (AvgIpc) is 3.49. The molecule has 5 rings (SSSR count). The van der Waals surface area contributed by atoms with E-state index in [0.717, 1.165) is 62.6 Å². The van der Waals surface area contributed by atoms with Crippen LogP contribution < -0.4 is 9.80 Å². The molecule has 158 valence electrons. The van der Waals surface area contributed by atoms with Crippen LogP contribution in [0.2, 0.25) is 0 Å². The van der Waals surface area contributed by atoms with Gasteiger partial charge in [-0.2, -0.15) is 0 Å². The molecule has 0 bridgehead atoms. The van der Waals surface area contributed by atoms with E-state index in [-0.39, 0.29) is 23.7 Å². The molecule has 0 unspecified atom stereocenters. The van der Waals surface area contributed by atoms with Gasteiger partial charge in [0.15, 0.2) is 5.13 Å². The Bertz CT molecular complexity index is 908. The summed E-state index contributed by atoms with van der Waals surface area (Å²) >= 11 is 1.64. The molecule has 2 aliphatic heterocycles. The molecule has 1 aromatic carbocycles. The highest BCUT2D eigenvalue weighted by molar-refractivity contribution is 7.13. The monoisotopic (exact) mass is 424 g/mol. The van der Waals surface area contributed by atoms with Crippen molar-refractivity contribution in [1.29, 1.82) is 0 Å². The fourth-order valence-corrected chi connectivity index (χ4v) is 5.91. The zero-order chi connectivity index (χ0) is 20.5. The maximum atomic E-state index is 13.5. The number of hydrogen-bond acceptors (Lipinski definition) is 5. The van der Waals surface area contributed by atoms with E-state index in [1.165, 1.54) is 5.56 Å². The Labute approximate surface area is 181 Å². The van der Waals surface area contributed by atoms with E-state index in [0.29, 0.717) is 13.1 Å². The van der Waals surface area contributed by atoms with E-state index in [2.05, 4.69) is 16.0 Å². The number of para-hydroxylation sites is 1. The van der Waals surface area contributed by atoms with Crippen molar-refractivity contribution in [2.75, 3.05) is 42.5 Å². The van der Waals surface area contributed by atoms with Crippen molar-refractivity contribution in [2.45, 2.75) is 32.1 Å². The van der Waals surface area contributed by atoms with Gasteiger partial charge in [0.25, 0.3) is 0 Å². The van der Waals surface area contributed by atoms with Crippen LogP contribution in [0.5, 0.6) is 0 Å². The summed E-state index contributed by atoms with van der Waals surface area (Å²) in [6.45, 7) is 3.78. The lowest BCUT2D eigenvalue weighted by Gasteiger charge is -2.39. The molecule has 2 fully saturated rings. The van der Waals surface area contributed by atoms with Crippen LogP contribution in [0, 0.1) is 11.8 Å². The molecule has 6 nitrogen and oxygen atoms in total. The maximum absolute atomic E-state index is 13.5. The minimum absolute atomic E-state index is 0.152. The molecule has 1 aliphatic carbocycles. The maximum Gasteiger partial charge on any atom is 0.230 e. The number of benzene rings is 1. The molecule has 1 saturated heterocycles. The molecular formula is C23H28N4O2S. The molecule has 2 amide bonds. The number of amides is 2. The van der Waals surface area contributed by atoms with Crippen molar-refractivity contribution < 1.29 is 9.59 Å². The number of thiazole rings is 1. The lowest BCUT2D eigenvalue weighted by Crippen LogP contribution is -2.53. The quantitative estimate of drug-likeness (QED) is 0.759. The molecule has 2 aromatic rings. The Kier molecular flexibility index (Phi) is 5.46. The molecular weight excluding hydrogens is 396 g/mol. The van der Waals surface area contributed by atoms with Gasteiger partial charge in [-0.1, -0.05) is 31.0 Å². The molecule has 7 heteroatoms. The van der Waals surface area contributed by atoms with E-state index < -0.39 is 0 Å². The summed E-state index contributed by atoms with van der Waals surface area (Å²) in [5.74, 6) is -0.0291. The molecule has 3 heterocycles. The van der Waals surface area contributed by atoms with Crippen LogP contribution in [0.15, 0.2) is 35.8 Å². The predicted octanol–water partition coefficient (Wildman–Crippen LogP) is 3.19. The number of piperazine rings is 1. The number of carbonyl (C=O) groups is 2. The van der Waals surface area contributed by atoms with Gasteiger partial charge in [-0.25, -0.2) is 4.98 Å². The van der Waals surface area contributed by atoms with Gasteiger partial charge in [0, 0.05) is 55.9 Å². The number of anilines is 2. The van der Waals surface area contributed by atoms with Crippen LogP contribution in [0.25, 0.3) is 0 Å². The Morgan fingerprint density at radius 1 is 0.933 bits per heavy atom. The standard InChI is InChI=1S/C23H28N4O2S/c28-21(25-12-14-26(15-13-25)23-24-10-16-30-23)18-6-2-3-7-19(18)22(29)27-11-9-17-5-1-4-8-20(17)27/h1,4-5,8,10,16,18-19H,2-3,6-7,9,11-15H2/t18-,19+/m1/s1. The molecule has 0 radical (unpaired) electrons. The number of carbonyl (C=O) groups excluding carboxylic acids is 2. The number of fused-ring (bicyclic) bond motifs is 1. The Hall–Kier alpha value is -2.41. The van der Waals surface area contributed by atoms with Crippen molar-refractivity contribution in [3.8, 4) is 0 Å². The summed E-state index contributed by atoms with van der Waals surface area (Å²) in [4.78, 5) is 37.5. The third kappa shape index (κ3) is 3.60. The van der Waals surface area contributed by atoms with Gasteiger partial charge in [-0.3, -0.25) is 9.59 Å². The number of rotatable bonds is 3. The molecule has 2 atom stereocenters. The van der Waals surface area contributed by atoms with Gasteiger partial charge in [0.2, 0.25) is 11.8 Å². The van der Waals surface area contributed by atoms with Gasteiger partial charge in [0.05, 0.1) is 5.92 Å². The second-order valence-corrected chi connectivity index (χ2v) is 9.37. The Morgan fingerprint density at radius 3 is 2.40 bits per heavy atom. The minimum atomic E-state index is -0.186. The smallest absolute Gasteiger partial charge is 0.230 e. The fourth-order valence-electron chi connectivity index (χ4n) is 5.21. The zero-order valence-corrected chi connectivity index (χ0v) is 18.0. The highest BCUT2D eigenvalue weighted by Gasteiger charge is 2.41. The van der Waals surface area contributed by atoms with Gasteiger partial charge >= 0.3 is 0 Å². The molecule has 3 aliphatic rings. The van der Waals surface area contributed by atoms with Crippen LogP contribution >= 0.6 is 11.3 Å². The number of hydrogen-bond donors (Lipinski definition) is 0. The van der Waals surface area contributed by atoms with Crippen LogP contribution in [0.4, 0.5) is 10.8 Å². The first kappa shape index (κ1) is 19.5. The largest absolute Gasteiger partial charge is 0.345 e. The second-order valence-electron chi connectivity index (χ2n) is 8.49. The minimum Gasteiger partial charge on any atom is -0.345 e. The van der Waals surface area contributed by atoms with Crippen LogP contribution in [-0.2, 0) is 16.0 Å². The molecule has 30 heavy (non-hydrogen) atoms. The Balaban J connectivity index is 1.27. The summed E-state index contributed by atoms with van der Waals surface area (Å²) < 4.78 is 0. The van der Waals surface area contributed by atoms with Crippen molar-refractivity contribution in [3.05, 3.63) is 41.4 Å². The van der Waals surface area contributed by atoms with Crippen LogP contribution in [0.3, 0.4) is 0 Å². The van der Waals surface area contributed by atoms with E-state index in [1.54, 1.807) is 11.3 Å². The average molecular weight is 425 g/mol. The first-order valence-corrected chi connectivity index (χ1v) is 11.9. The van der Waals surface area contributed by atoms with E-state index in [9.17, 15) is 9.59 Å². The lowest BCUT2D eigenvalue weighted by molar-refractivity contribution is -0.143. The van der Waals surface area contributed by atoms with Crippen molar-refractivity contribution in [2.24, 2.45) is 11.8 Å². The summed E-state index contributed by atoms with van der Waals surface area (Å²) in [5, 5.41) is 3.02. The van der Waals surface area contributed by atoms with E-state index in [1.807, 2.05) is 39.6 Å². The van der Waals surface area contributed by atoms with Crippen molar-refractivity contribution in [1.82, 2.24) is 9.88 Å². The van der Waals surface area contributed by atoms with Crippen LogP contribution in [0.1, 0.15) is 31.2 Å². The summed E-state index contributed by atoms with van der Waals surface area (Å²) in [6.07, 6.45) is 6.46. The normalized spacial score (nSPS) is 24.1. The van der Waals surface area contributed by atoms with Gasteiger partial charge in [-0.15, -0.1) is 11.3 Å². The zero-order valence-electron chi connectivity index (χ0n) is 17.2. The number of aromatic nitrogens is 1. The second kappa shape index (κ2) is 8.38. The number of nitrogens with zero attached hydrogens (tertiary/aromatic N) is 4. The van der Waals surface area contributed by atoms with Crippen LogP contribution in [-0.4, -0.2) is 54.4 Å². The highest BCUT2D eigenvalue weighted by atomic mass is 32.1. The summed E-state index contributed by atoms with van der Waals surface area (Å²) in [5.41, 5.74) is 2.28. The SMILES string of the molecule is O=C([C@@H]1CCCC[C@@H]1C(=O)N1CCc2ccccc21)N1CCN(c2nccs2)CC1. The highest BCUT2D eigenvalue weighted by Crippen LogP contribution is 2.37. The van der Waals surface area contributed by atoms with Gasteiger partial charge in [-0.05, 0) is 30.9 Å². The molecule has 1 aromatic heterocycles. The Morgan fingerprint density at radius 2 is 1.67 bits per heavy atom. The summed E-state index contributed by atoms with van der Waals surface area (Å²) in [7, 11) is 0. The van der Waals surface area contributed by atoms with Gasteiger partial charge in [0.1, 0.15) is 0 Å². The topological polar surface area (TPSA) is 56.8 Å². The lowest BCUT2D eigenvalue weighted by atomic mass is 9.77. The van der Waals surface area contributed by atoms with Crippen molar-refractivity contribution in [3.63, 3.8) is 0 Å². The first-order chi connectivity index (χ1) is 14.7. The van der Waals surface area contributed by atoms with E-state index >= 15 is 0 Å². The molecule has 0 spiro atoms. The third-order valence-electron chi connectivity index (χ3n) is 6.83. The molecule has 1 saturated carbocycles. The first-order valence-electron chi connectivity index (χ1n) is 11.0. The van der Waals surface area contributed by atoms with E-state index in [4.69, 9.17) is 0 Å². The van der Waals surface area contributed by atoms with Gasteiger partial charge < -0.3 is 14.7 Å².